The number of nitrogens with one attached hydrogen (secondary N) is 3. The first kappa shape index (κ1) is 18.9. The Morgan fingerprint density at radius 2 is 2.15 bits per heavy atom. The van der Waals surface area contributed by atoms with Crippen LogP contribution in [0.4, 0.5) is 5.69 Å². The molecule has 26 heavy (non-hydrogen) atoms. The molecule has 142 valence electrons. The SMILES string of the molecule is CC(C)C[C@@H]1CCc2c(cn(C)c2C(O)Nc2ccncc2)S(=N)(=O)N1. The Balaban J connectivity index is 1.93. The Bertz CT molecular complexity index is 861. The van der Waals surface area contributed by atoms with E-state index in [2.05, 4.69) is 28.9 Å². The molecular formula is C18H27N5O2S. The summed E-state index contributed by atoms with van der Waals surface area (Å²) in [4.78, 5) is 4.45. The van der Waals surface area contributed by atoms with Crippen molar-refractivity contribution >= 4 is 15.6 Å². The Morgan fingerprint density at radius 1 is 1.46 bits per heavy atom. The van der Waals surface area contributed by atoms with Crippen molar-refractivity contribution in [2.75, 3.05) is 5.32 Å². The first-order valence-corrected chi connectivity index (χ1v) is 10.4. The number of aliphatic hydroxyl groups is 1. The van der Waals surface area contributed by atoms with Crippen molar-refractivity contribution in [1.82, 2.24) is 14.3 Å². The Labute approximate surface area is 155 Å². The van der Waals surface area contributed by atoms with E-state index in [-0.39, 0.29) is 6.04 Å². The molecule has 0 spiro atoms. The lowest BCUT2D eigenvalue weighted by Crippen LogP contribution is -2.33. The molecule has 3 rings (SSSR count). The molecule has 0 bridgehead atoms. The number of aryl methyl sites for hydroxylation is 1. The van der Waals surface area contributed by atoms with Gasteiger partial charge in [0, 0.05) is 37.4 Å². The predicted molar refractivity (Wildman–Crippen MR) is 102 cm³/mol. The Hall–Kier alpha value is -1.90. The second-order valence-electron chi connectivity index (χ2n) is 7.29. The fraction of sp³-hybridized carbons (Fsp3) is 0.500. The summed E-state index contributed by atoms with van der Waals surface area (Å²) in [5, 5.41) is 13.8. The number of hydrogen-bond acceptors (Lipinski definition) is 5. The highest BCUT2D eigenvalue weighted by Crippen LogP contribution is 2.32. The normalized spacial score (nSPS) is 24.1. The molecule has 2 unspecified atom stereocenters. The lowest BCUT2D eigenvalue weighted by Gasteiger charge is -2.19. The maximum Gasteiger partial charge on any atom is 0.166 e. The average Bonchev–Trinajstić information content (AvgIpc) is 2.84. The number of aromatic nitrogens is 2. The summed E-state index contributed by atoms with van der Waals surface area (Å²) in [5.74, 6) is 0.463. The van der Waals surface area contributed by atoms with Crippen molar-refractivity contribution < 1.29 is 9.32 Å². The van der Waals surface area contributed by atoms with Crippen molar-refractivity contribution in [3.63, 3.8) is 0 Å². The molecule has 7 nitrogen and oxygen atoms in total. The van der Waals surface area contributed by atoms with Gasteiger partial charge >= 0.3 is 0 Å². The highest BCUT2D eigenvalue weighted by atomic mass is 32.2. The van der Waals surface area contributed by atoms with Gasteiger partial charge in [0.25, 0.3) is 0 Å². The second kappa shape index (κ2) is 7.38. The summed E-state index contributed by atoms with van der Waals surface area (Å²) in [6.45, 7) is 4.25. The molecule has 2 aromatic heterocycles. The summed E-state index contributed by atoms with van der Waals surface area (Å²) >= 11 is 0. The molecule has 1 aliphatic heterocycles. The molecular weight excluding hydrogens is 350 g/mol. The summed E-state index contributed by atoms with van der Waals surface area (Å²) in [6.07, 6.45) is 6.40. The van der Waals surface area contributed by atoms with Crippen LogP contribution in [-0.2, 0) is 23.4 Å². The van der Waals surface area contributed by atoms with Gasteiger partial charge in [-0.2, -0.15) is 0 Å². The Morgan fingerprint density at radius 3 is 2.81 bits per heavy atom. The van der Waals surface area contributed by atoms with Crippen LogP contribution in [0.25, 0.3) is 0 Å². The van der Waals surface area contributed by atoms with Gasteiger partial charge in [-0.1, -0.05) is 13.8 Å². The quantitative estimate of drug-likeness (QED) is 0.602. The molecule has 0 radical (unpaired) electrons. The predicted octanol–water partition coefficient (Wildman–Crippen LogP) is 2.79. The Kier molecular flexibility index (Phi) is 5.36. The standard InChI is InChI=1S/C18H27N5O2S/c1-12(2)10-14-4-5-15-16(26(19,25)22-14)11-23(3)17(15)18(24)21-13-6-8-20-9-7-13/h6-9,11-12,14,18,24H,4-5,10H2,1-3H3,(H,20,21)(H2,19,22,25)/t14-,18?,26?/m0/s1. The lowest BCUT2D eigenvalue weighted by atomic mass is 9.98. The van der Waals surface area contributed by atoms with Gasteiger partial charge in [-0.15, -0.1) is 0 Å². The fourth-order valence-electron chi connectivity index (χ4n) is 3.60. The molecule has 1 aliphatic rings. The molecule has 3 atom stereocenters. The van der Waals surface area contributed by atoms with Crippen LogP contribution < -0.4 is 10.0 Å². The number of rotatable bonds is 5. The maximum atomic E-state index is 13.0. The van der Waals surface area contributed by atoms with Crippen LogP contribution in [0.15, 0.2) is 35.6 Å². The van der Waals surface area contributed by atoms with Crippen LogP contribution in [0.2, 0.25) is 0 Å². The molecule has 3 heterocycles. The van der Waals surface area contributed by atoms with E-state index in [1.165, 1.54) is 0 Å². The third-order valence-electron chi connectivity index (χ3n) is 4.68. The second-order valence-corrected chi connectivity index (χ2v) is 9.08. The molecule has 0 aromatic carbocycles. The molecule has 2 aromatic rings. The van der Waals surface area contributed by atoms with E-state index in [4.69, 9.17) is 4.78 Å². The van der Waals surface area contributed by atoms with Gasteiger partial charge in [0.1, 0.15) is 9.92 Å². The number of aliphatic hydroxyl groups excluding tert-OH is 1. The minimum atomic E-state index is -3.10. The minimum absolute atomic E-state index is 0.0378. The van der Waals surface area contributed by atoms with Crippen molar-refractivity contribution in [2.24, 2.45) is 13.0 Å². The molecule has 0 saturated carbocycles. The summed E-state index contributed by atoms with van der Waals surface area (Å²) < 4.78 is 26.2. The first-order valence-electron chi connectivity index (χ1n) is 8.86. The zero-order valence-corrected chi connectivity index (χ0v) is 16.2. The molecule has 8 heteroatoms. The van der Waals surface area contributed by atoms with Crippen LogP contribution in [0.1, 0.15) is 44.2 Å². The van der Waals surface area contributed by atoms with Crippen LogP contribution in [0.3, 0.4) is 0 Å². The van der Waals surface area contributed by atoms with Gasteiger partial charge in [-0.05, 0) is 42.9 Å². The highest BCUT2D eigenvalue weighted by Gasteiger charge is 2.31. The van der Waals surface area contributed by atoms with Crippen LogP contribution in [0, 0.1) is 10.7 Å². The lowest BCUT2D eigenvalue weighted by molar-refractivity contribution is 0.198. The van der Waals surface area contributed by atoms with Gasteiger partial charge in [-0.25, -0.2) is 13.7 Å². The van der Waals surface area contributed by atoms with Gasteiger partial charge in [0.05, 0.1) is 10.6 Å². The average molecular weight is 378 g/mol. The topological polar surface area (TPSA) is 103 Å². The first-order chi connectivity index (χ1) is 12.3. The smallest absolute Gasteiger partial charge is 0.166 e. The third-order valence-corrected chi connectivity index (χ3v) is 6.32. The van der Waals surface area contributed by atoms with Crippen molar-refractivity contribution in [3.8, 4) is 0 Å². The van der Waals surface area contributed by atoms with E-state index in [1.54, 1.807) is 35.3 Å². The van der Waals surface area contributed by atoms with Crippen LogP contribution in [-0.4, -0.2) is 24.9 Å². The number of fused-ring (bicyclic) bond motifs is 1. The fourth-order valence-corrected chi connectivity index (χ4v) is 5.28. The van der Waals surface area contributed by atoms with Crippen molar-refractivity contribution in [2.45, 2.75) is 50.3 Å². The molecule has 0 aliphatic carbocycles. The molecule has 0 fully saturated rings. The summed E-state index contributed by atoms with van der Waals surface area (Å²) in [5.41, 5.74) is 2.21. The van der Waals surface area contributed by atoms with E-state index >= 15 is 0 Å². The van der Waals surface area contributed by atoms with Gasteiger partial charge in [0.15, 0.2) is 6.23 Å². The van der Waals surface area contributed by atoms with E-state index in [0.717, 1.165) is 24.1 Å². The molecule has 0 saturated heterocycles. The third kappa shape index (κ3) is 3.92. The molecule has 4 N–H and O–H groups in total. The monoisotopic (exact) mass is 377 g/mol. The van der Waals surface area contributed by atoms with Gasteiger partial charge < -0.3 is 15.0 Å². The largest absolute Gasteiger partial charge is 0.368 e. The number of pyridine rings is 1. The number of nitrogens with zero attached hydrogens (tertiary/aromatic N) is 2. The summed E-state index contributed by atoms with van der Waals surface area (Å²) in [6, 6.07) is 3.59. The van der Waals surface area contributed by atoms with Crippen LogP contribution >= 0.6 is 0 Å². The summed E-state index contributed by atoms with van der Waals surface area (Å²) in [7, 11) is -1.29. The van der Waals surface area contributed by atoms with Crippen molar-refractivity contribution in [3.05, 3.63) is 42.0 Å². The number of anilines is 1. The van der Waals surface area contributed by atoms with E-state index in [9.17, 15) is 9.32 Å². The maximum absolute atomic E-state index is 13.0. The number of hydrogen-bond donors (Lipinski definition) is 4. The van der Waals surface area contributed by atoms with E-state index < -0.39 is 16.1 Å². The molecule has 0 amide bonds. The van der Waals surface area contributed by atoms with E-state index in [1.807, 2.05) is 7.05 Å². The zero-order valence-electron chi connectivity index (χ0n) is 15.4. The van der Waals surface area contributed by atoms with Crippen molar-refractivity contribution in [1.29, 1.82) is 4.78 Å². The van der Waals surface area contributed by atoms with E-state index in [0.29, 0.717) is 22.9 Å². The van der Waals surface area contributed by atoms with Crippen LogP contribution in [0.5, 0.6) is 0 Å². The zero-order chi connectivity index (χ0) is 18.9. The van der Waals surface area contributed by atoms with Gasteiger partial charge in [-0.3, -0.25) is 4.98 Å². The minimum Gasteiger partial charge on any atom is -0.368 e. The highest BCUT2D eigenvalue weighted by molar-refractivity contribution is 7.90. The van der Waals surface area contributed by atoms with Gasteiger partial charge in [0.2, 0.25) is 0 Å².